The molecule has 0 radical (unpaired) electrons. The SMILES string of the molecule is C=C1CCC(N(C(=O)c2ccc(OC3CCC3)cc2)C2CC2)C/C1=C/N(C)C. The van der Waals surface area contributed by atoms with Gasteiger partial charge in [-0.2, -0.15) is 0 Å². The summed E-state index contributed by atoms with van der Waals surface area (Å²) >= 11 is 0. The molecule has 4 heteroatoms. The summed E-state index contributed by atoms with van der Waals surface area (Å²) in [6.45, 7) is 4.24. The van der Waals surface area contributed by atoms with Crippen LogP contribution in [-0.2, 0) is 0 Å². The topological polar surface area (TPSA) is 32.8 Å². The maximum atomic E-state index is 13.4. The normalized spacial score (nSPS) is 24.0. The predicted octanol–water partition coefficient (Wildman–Crippen LogP) is 4.78. The van der Waals surface area contributed by atoms with Crippen LogP contribution in [0.4, 0.5) is 0 Å². The van der Waals surface area contributed by atoms with E-state index in [4.69, 9.17) is 4.74 Å². The van der Waals surface area contributed by atoms with Crippen molar-refractivity contribution in [3.63, 3.8) is 0 Å². The molecule has 1 unspecified atom stereocenters. The molecule has 1 amide bonds. The van der Waals surface area contributed by atoms with Gasteiger partial charge >= 0.3 is 0 Å². The van der Waals surface area contributed by atoms with Gasteiger partial charge in [0.1, 0.15) is 5.75 Å². The second-order valence-electron chi connectivity index (χ2n) is 8.76. The minimum Gasteiger partial charge on any atom is -0.490 e. The molecule has 1 aromatic rings. The summed E-state index contributed by atoms with van der Waals surface area (Å²) in [7, 11) is 4.09. The van der Waals surface area contributed by atoms with Crippen LogP contribution in [0, 0.1) is 0 Å². The van der Waals surface area contributed by atoms with Gasteiger partial charge in [0.2, 0.25) is 0 Å². The molecule has 0 spiro atoms. The van der Waals surface area contributed by atoms with Crippen LogP contribution in [0.3, 0.4) is 0 Å². The first-order valence-electron chi connectivity index (χ1n) is 10.7. The number of carbonyl (C=O) groups is 1. The van der Waals surface area contributed by atoms with E-state index < -0.39 is 0 Å². The van der Waals surface area contributed by atoms with Crippen LogP contribution in [0.2, 0.25) is 0 Å². The van der Waals surface area contributed by atoms with E-state index in [0.717, 1.165) is 56.3 Å². The van der Waals surface area contributed by atoms with Crippen LogP contribution in [0.5, 0.6) is 5.75 Å². The quantitative estimate of drug-likeness (QED) is 0.712. The lowest BCUT2D eigenvalue weighted by Crippen LogP contribution is -2.43. The van der Waals surface area contributed by atoms with Crippen molar-refractivity contribution < 1.29 is 9.53 Å². The molecule has 3 fully saturated rings. The lowest BCUT2D eigenvalue weighted by Gasteiger charge is -2.37. The molecule has 28 heavy (non-hydrogen) atoms. The minimum atomic E-state index is 0.166. The third-order valence-electron chi connectivity index (χ3n) is 6.13. The molecule has 0 N–H and O–H groups in total. The van der Waals surface area contributed by atoms with Crippen LogP contribution in [0.15, 0.2) is 48.2 Å². The molecule has 0 aliphatic heterocycles. The average molecular weight is 381 g/mol. The van der Waals surface area contributed by atoms with Crippen LogP contribution < -0.4 is 4.74 Å². The van der Waals surface area contributed by atoms with Crippen molar-refractivity contribution >= 4 is 5.91 Å². The number of rotatable bonds is 6. The van der Waals surface area contributed by atoms with Crippen molar-refractivity contribution in [2.45, 2.75) is 69.6 Å². The number of hydrogen-bond acceptors (Lipinski definition) is 3. The Morgan fingerprint density at radius 3 is 2.36 bits per heavy atom. The highest BCUT2D eigenvalue weighted by atomic mass is 16.5. The second-order valence-corrected chi connectivity index (χ2v) is 8.76. The van der Waals surface area contributed by atoms with Crippen molar-refractivity contribution in [2.24, 2.45) is 0 Å². The van der Waals surface area contributed by atoms with E-state index in [2.05, 4.69) is 22.6 Å². The Morgan fingerprint density at radius 1 is 1.07 bits per heavy atom. The highest BCUT2D eigenvalue weighted by Gasteiger charge is 2.39. The third kappa shape index (κ3) is 4.26. The number of amides is 1. The fourth-order valence-electron chi connectivity index (χ4n) is 4.18. The summed E-state index contributed by atoms with van der Waals surface area (Å²) in [4.78, 5) is 17.6. The maximum Gasteiger partial charge on any atom is 0.254 e. The molecule has 0 heterocycles. The molecule has 0 bridgehead atoms. The van der Waals surface area contributed by atoms with Crippen LogP contribution in [-0.4, -0.2) is 48.0 Å². The van der Waals surface area contributed by atoms with E-state index in [1.807, 2.05) is 38.4 Å². The zero-order valence-electron chi connectivity index (χ0n) is 17.2. The summed E-state index contributed by atoms with van der Waals surface area (Å²) in [6, 6.07) is 8.44. The Hall–Kier alpha value is -2.23. The van der Waals surface area contributed by atoms with Crippen molar-refractivity contribution in [1.29, 1.82) is 0 Å². The Balaban J connectivity index is 1.48. The second kappa shape index (κ2) is 8.02. The van der Waals surface area contributed by atoms with E-state index in [0.29, 0.717) is 12.1 Å². The highest BCUT2D eigenvalue weighted by molar-refractivity contribution is 5.95. The first-order chi connectivity index (χ1) is 13.5. The lowest BCUT2D eigenvalue weighted by atomic mass is 9.86. The van der Waals surface area contributed by atoms with E-state index in [9.17, 15) is 4.79 Å². The summed E-state index contributed by atoms with van der Waals surface area (Å²) in [5.74, 6) is 1.05. The summed E-state index contributed by atoms with van der Waals surface area (Å²) in [5, 5.41) is 0. The number of nitrogens with zero attached hydrogens (tertiary/aromatic N) is 2. The molecular weight excluding hydrogens is 348 g/mol. The molecule has 0 saturated heterocycles. The third-order valence-corrected chi connectivity index (χ3v) is 6.13. The highest BCUT2D eigenvalue weighted by Crippen LogP contribution is 2.38. The van der Waals surface area contributed by atoms with E-state index in [-0.39, 0.29) is 11.9 Å². The largest absolute Gasteiger partial charge is 0.490 e. The van der Waals surface area contributed by atoms with Gasteiger partial charge in [0, 0.05) is 37.9 Å². The summed E-state index contributed by atoms with van der Waals surface area (Å²) < 4.78 is 5.94. The smallest absolute Gasteiger partial charge is 0.254 e. The average Bonchev–Trinajstić information content (AvgIpc) is 3.46. The predicted molar refractivity (Wildman–Crippen MR) is 112 cm³/mol. The van der Waals surface area contributed by atoms with Crippen molar-refractivity contribution in [3.05, 3.63) is 53.8 Å². The first-order valence-corrected chi connectivity index (χ1v) is 10.7. The standard InChI is InChI=1S/C24H32N2O2/c1-17-7-10-21(15-19(17)16-25(2)3)26(20-11-12-20)24(27)18-8-13-23(14-9-18)28-22-5-4-6-22/h8-9,13-14,16,20-22H,1,4-7,10-12,15H2,2-3H3/b19-16-. The van der Waals surface area contributed by atoms with Gasteiger partial charge in [-0.25, -0.2) is 0 Å². The molecule has 3 aliphatic carbocycles. The van der Waals surface area contributed by atoms with Crippen LogP contribution >= 0.6 is 0 Å². The monoisotopic (exact) mass is 380 g/mol. The van der Waals surface area contributed by atoms with Gasteiger partial charge in [0.25, 0.3) is 5.91 Å². The van der Waals surface area contributed by atoms with Gasteiger partial charge in [-0.3, -0.25) is 4.79 Å². The molecule has 3 saturated carbocycles. The fourth-order valence-corrected chi connectivity index (χ4v) is 4.18. The minimum absolute atomic E-state index is 0.166. The van der Waals surface area contributed by atoms with E-state index in [1.54, 1.807) is 0 Å². The number of allylic oxidation sites excluding steroid dienone is 1. The molecule has 3 aliphatic rings. The van der Waals surface area contributed by atoms with Crippen molar-refractivity contribution in [1.82, 2.24) is 9.80 Å². The van der Waals surface area contributed by atoms with Gasteiger partial charge < -0.3 is 14.5 Å². The maximum absolute atomic E-state index is 13.4. The molecule has 1 aromatic carbocycles. The van der Waals surface area contributed by atoms with Gasteiger partial charge in [0.15, 0.2) is 0 Å². The molecule has 1 atom stereocenters. The number of hydrogen-bond donors (Lipinski definition) is 0. The first kappa shape index (κ1) is 19.1. The number of ether oxygens (including phenoxy) is 1. The summed E-state index contributed by atoms with van der Waals surface area (Å²) in [5.41, 5.74) is 3.27. The zero-order valence-corrected chi connectivity index (χ0v) is 17.2. The van der Waals surface area contributed by atoms with Gasteiger partial charge in [-0.15, -0.1) is 0 Å². The number of benzene rings is 1. The van der Waals surface area contributed by atoms with E-state index >= 15 is 0 Å². The van der Waals surface area contributed by atoms with Gasteiger partial charge in [-0.05, 0) is 81.2 Å². The molecule has 4 nitrogen and oxygen atoms in total. The molecule has 150 valence electrons. The lowest BCUT2D eigenvalue weighted by molar-refractivity contribution is 0.0642. The molecular formula is C24H32N2O2. The molecule has 0 aromatic heterocycles. The zero-order chi connectivity index (χ0) is 19.7. The molecule has 4 rings (SSSR count). The fraction of sp³-hybridized carbons (Fsp3) is 0.542. The Morgan fingerprint density at radius 2 is 1.79 bits per heavy atom. The van der Waals surface area contributed by atoms with Crippen LogP contribution in [0.1, 0.15) is 61.7 Å². The van der Waals surface area contributed by atoms with Crippen molar-refractivity contribution in [3.8, 4) is 5.75 Å². The Labute approximate surface area is 168 Å². The van der Waals surface area contributed by atoms with E-state index in [1.165, 1.54) is 17.6 Å². The summed E-state index contributed by atoms with van der Waals surface area (Å²) in [6.07, 6.45) is 11.2. The van der Waals surface area contributed by atoms with Gasteiger partial charge in [0.05, 0.1) is 6.10 Å². The van der Waals surface area contributed by atoms with Gasteiger partial charge in [-0.1, -0.05) is 12.2 Å². The number of carbonyl (C=O) groups excluding carboxylic acids is 1. The van der Waals surface area contributed by atoms with Crippen molar-refractivity contribution in [2.75, 3.05) is 14.1 Å². The Bertz CT molecular complexity index is 757. The van der Waals surface area contributed by atoms with Crippen LogP contribution in [0.25, 0.3) is 0 Å². The Kier molecular flexibility index (Phi) is 5.47.